The molecule has 0 fully saturated rings. The van der Waals surface area contributed by atoms with E-state index in [0.29, 0.717) is 33.3 Å². The number of nitrogens with zero attached hydrogens (tertiary/aromatic N) is 1. The van der Waals surface area contributed by atoms with Crippen molar-refractivity contribution in [2.75, 3.05) is 7.11 Å². The second-order valence-corrected chi connectivity index (χ2v) is 7.47. The van der Waals surface area contributed by atoms with Gasteiger partial charge < -0.3 is 9.15 Å². The molecule has 0 unspecified atom stereocenters. The fourth-order valence-corrected chi connectivity index (χ4v) is 4.22. The van der Waals surface area contributed by atoms with Gasteiger partial charge in [0.15, 0.2) is 0 Å². The van der Waals surface area contributed by atoms with Crippen LogP contribution in [-0.4, -0.2) is 23.8 Å². The van der Waals surface area contributed by atoms with E-state index < -0.39 is 0 Å². The fourth-order valence-electron chi connectivity index (χ4n) is 3.13. The van der Waals surface area contributed by atoms with Gasteiger partial charge in [0.2, 0.25) is 0 Å². The predicted octanol–water partition coefficient (Wildman–Crippen LogP) is 4.50. The van der Waals surface area contributed by atoms with Crippen molar-refractivity contribution in [1.29, 1.82) is 0 Å². The Kier molecular flexibility index (Phi) is 5.53. The van der Waals surface area contributed by atoms with E-state index in [1.165, 1.54) is 22.9 Å². The lowest BCUT2D eigenvalue weighted by Crippen LogP contribution is -2.30. The highest BCUT2D eigenvalue weighted by Crippen LogP contribution is 2.38. The van der Waals surface area contributed by atoms with Crippen LogP contribution in [0.5, 0.6) is 5.75 Å². The normalized spacial score (nSPS) is 14.0. The number of carbonyl (C=O) groups excluding carboxylic acids is 2. The van der Waals surface area contributed by atoms with Gasteiger partial charge in [-0.05, 0) is 35.4 Å². The van der Waals surface area contributed by atoms with E-state index in [9.17, 15) is 9.59 Å². The molecule has 2 aromatic carbocycles. The summed E-state index contributed by atoms with van der Waals surface area (Å²) in [5, 5.41) is 0. The van der Waals surface area contributed by atoms with E-state index >= 15 is 0 Å². The Hall–Kier alpha value is -3.25. The molecule has 0 aliphatic carbocycles. The van der Waals surface area contributed by atoms with Gasteiger partial charge in [-0.15, -0.1) is 11.8 Å². The number of hydrogen-bond donors (Lipinski definition) is 0. The van der Waals surface area contributed by atoms with Crippen LogP contribution in [0.25, 0.3) is 5.57 Å². The average molecular weight is 405 g/mol. The minimum atomic E-state index is -0.313. The number of carbonyl (C=O) groups is 2. The first-order valence-corrected chi connectivity index (χ1v) is 10.1. The fraction of sp³-hybridized carbons (Fsp3) is 0.130. The first-order valence-electron chi connectivity index (χ1n) is 9.11. The highest BCUT2D eigenvalue weighted by Gasteiger charge is 2.39. The molecule has 0 radical (unpaired) electrons. The maximum atomic E-state index is 13.2. The Morgan fingerprint density at radius 1 is 0.931 bits per heavy atom. The van der Waals surface area contributed by atoms with Gasteiger partial charge in [0.05, 0.1) is 30.4 Å². The van der Waals surface area contributed by atoms with Gasteiger partial charge in [-0.3, -0.25) is 14.5 Å². The summed E-state index contributed by atoms with van der Waals surface area (Å²) in [4.78, 5) is 28.0. The highest BCUT2D eigenvalue weighted by atomic mass is 32.2. The van der Waals surface area contributed by atoms with Crippen molar-refractivity contribution in [2.24, 2.45) is 0 Å². The number of benzene rings is 2. The molecule has 0 atom stereocenters. The van der Waals surface area contributed by atoms with Crippen molar-refractivity contribution in [3.8, 4) is 5.75 Å². The first kappa shape index (κ1) is 19.1. The molecule has 3 aromatic rings. The molecule has 5 nitrogen and oxygen atoms in total. The molecule has 1 aromatic heterocycles. The van der Waals surface area contributed by atoms with Crippen LogP contribution < -0.4 is 4.74 Å². The third-order valence-corrected chi connectivity index (χ3v) is 5.77. The zero-order valence-corrected chi connectivity index (χ0v) is 16.6. The number of amides is 2. The van der Waals surface area contributed by atoms with Gasteiger partial charge in [-0.2, -0.15) is 0 Å². The van der Waals surface area contributed by atoms with Crippen molar-refractivity contribution >= 4 is 29.1 Å². The van der Waals surface area contributed by atoms with E-state index in [1.807, 2.05) is 30.3 Å². The van der Waals surface area contributed by atoms with Crippen LogP contribution in [-0.2, 0) is 21.9 Å². The highest BCUT2D eigenvalue weighted by molar-refractivity contribution is 8.03. The van der Waals surface area contributed by atoms with Crippen LogP contribution in [0, 0.1) is 0 Å². The summed E-state index contributed by atoms with van der Waals surface area (Å²) in [6, 6.07) is 20.5. The van der Waals surface area contributed by atoms with Crippen molar-refractivity contribution in [3.63, 3.8) is 0 Å². The Morgan fingerprint density at radius 3 is 2.34 bits per heavy atom. The molecule has 2 heterocycles. The molecular weight excluding hydrogens is 386 g/mol. The summed E-state index contributed by atoms with van der Waals surface area (Å²) >= 11 is 1.38. The molecule has 1 aliphatic heterocycles. The van der Waals surface area contributed by atoms with E-state index in [0.717, 1.165) is 5.56 Å². The minimum absolute atomic E-state index is 0.111. The summed E-state index contributed by atoms with van der Waals surface area (Å²) in [6.45, 7) is 0.111. The molecule has 1 aliphatic rings. The van der Waals surface area contributed by atoms with Crippen LogP contribution in [0.2, 0.25) is 0 Å². The van der Waals surface area contributed by atoms with Gasteiger partial charge >= 0.3 is 0 Å². The molecular formula is C23H19NO4S. The number of rotatable bonds is 7. The van der Waals surface area contributed by atoms with Gasteiger partial charge in [-0.1, -0.05) is 42.5 Å². The second kappa shape index (κ2) is 8.41. The minimum Gasteiger partial charge on any atom is -0.497 e. The lowest BCUT2D eigenvalue weighted by atomic mass is 10.1. The summed E-state index contributed by atoms with van der Waals surface area (Å²) in [5.74, 6) is 1.25. The molecule has 0 bridgehead atoms. The summed E-state index contributed by atoms with van der Waals surface area (Å²) in [5.41, 5.74) is 2.20. The van der Waals surface area contributed by atoms with E-state index in [4.69, 9.17) is 9.15 Å². The Labute approximate surface area is 173 Å². The Morgan fingerprint density at radius 2 is 1.69 bits per heavy atom. The molecule has 2 amide bonds. The standard InChI is InChI=1S/C23H19NO4S/c1-27-18-11-9-17(10-12-18)20-21(29-15-16-6-3-2-4-7-16)23(26)24(22(20)25)14-19-8-5-13-28-19/h2-13H,14-15H2,1H3. The zero-order chi connectivity index (χ0) is 20.2. The van der Waals surface area contributed by atoms with E-state index in [-0.39, 0.29) is 18.4 Å². The predicted molar refractivity (Wildman–Crippen MR) is 112 cm³/mol. The molecule has 29 heavy (non-hydrogen) atoms. The van der Waals surface area contributed by atoms with Crippen molar-refractivity contribution in [2.45, 2.75) is 12.3 Å². The number of ether oxygens (including phenoxy) is 1. The summed E-state index contributed by atoms with van der Waals surface area (Å²) in [7, 11) is 1.59. The van der Waals surface area contributed by atoms with Gasteiger partial charge in [-0.25, -0.2) is 0 Å². The second-order valence-electron chi connectivity index (χ2n) is 6.48. The lowest BCUT2D eigenvalue weighted by molar-refractivity contribution is -0.137. The van der Waals surface area contributed by atoms with E-state index in [2.05, 4.69) is 0 Å². The largest absolute Gasteiger partial charge is 0.497 e. The van der Waals surface area contributed by atoms with Crippen molar-refractivity contribution in [3.05, 3.63) is 94.8 Å². The SMILES string of the molecule is COc1ccc(C2=C(SCc3ccccc3)C(=O)N(Cc3ccco3)C2=O)cc1. The zero-order valence-electron chi connectivity index (χ0n) is 15.8. The van der Waals surface area contributed by atoms with Gasteiger partial charge in [0, 0.05) is 5.75 Å². The summed E-state index contributed by atoms with van der Waals surface area (Å²) in [6.07, 6.45) is 1.53. The molecule has 146 valence electrons. The van der Waals surface area contributed by atoms with E-state index in [1.54, 1.807) is 43.5 Å². The molecule has 4 rings (SSSR count). The van der Waals surface area contributed by atoms with Crippen molar-refractivity contribution < 1.29 is 18.7 Å². The van der Waals surface area contributed by atoms with Gasteiger partial charge in [0.25, 0.3) is 11.8 Å². The van der Waals surface area contributed by atoms with Crippen LogP contribution >= 0.6 is 11.8 Å². The van der Waals surface area contributed by atoms with Crippen LogP contribution in [0.4, 0.5) is 0 Å². The van der Waals surface area contributed by atoms with Crippen LogP contribution in [0.15, 0.2) is 82.3 Å². The summed E-state index contributed by atoms with van der Waals surface area (Å²) < 4.78 is 10.5. The maximum Gasteiger partial charge on any atom is 0.268 e. The van der Waals surface area contributed by atoms with Crippen LogP contribution in [0.1, 0.15) is 16.9 Å². The Bertz CT molecular complexity index is 1040. The number of thioether (sulfide) groups is 1. The molecule has 6 heteroatoms. The number of hydrogen-bond acceptors (Lipinski definition) is 5. The number of furan rings is 1. The molecule has 0 saturated carbocycles. The third kappa shape index (κ3) is 3.98. The molecule has 0 spiro atoms. The first-order chi connectivity index (χ1) is 14.2. The monoisotopic (exact) mass is 405 g/mol. The smallest absolute Gasteiger partial charge is 0.268 e. The lowest BCUT2D eigenvalue weighted by Gasteiger charge is -2.13. The van der Waals surface area contributed by atoms with Crippen LogP contribution in [0.3, 0.4) is 0 Å². The topological polar surface area (TPSA) is 59.8 Å². The number of imide groups is 1. The molecule has 0 N–H and O–H groups in total. The van der Waals surface area contributed by atoms with Crippen molar-refractivity contribution in [1.82, 2.24) is 4.90 Å². The van der Waals surface area contributed by atoms with Gasteiger partial charge in [0.1, 0.15) is 11.5 Å². The maximum absolute atomic E-state index is 13.2. The average Bonchev–Trinajstić information content (AvgIpc) is 3.35. The Balaban J connectivity index is 1.67. The third-order valence-electron chi connectivity index (χ3n) is 4.62. The molecule has 0 saturated heterocycles. The number of methoxy groups -OCH3 is 1. The quantitative estimate of drug-likeness (QED) is 0.542.